The van der Waals surface area contributed by atoms with Crippen LogP contribution < -0.4 is 5.73 Å². The molecule has 2 saturated heterocycles. The fourth-order valence-corrected chi connectivity index (χ4v) is 5.33. The van der Waals surface area contributed by atoms with E-state index in [-0.39, 0.29) is 5.54 Å². The van der Waals surface area contributed by atoms with Crippen molar-refractivity contribution in [3.63, 3.8) is 0 Å². The molecule has 2 fully saturated rings. The lowest BCUT2D eigenvalue weighted by molar-refractivity contribution is -0.0442. The molecule has 4 heteroatoms. The average molecular weight is 272 g/mol. The molecule has 2 heterocycles. The van der Waals surface area contributed by atoms with Gasteiger partial charge in [0.1, 0.15) is 0 Å². The molecule has 2 aliphatic heterocycles. The first kappa shape index (κ1) is 14.6. The molecule has 0 spiro atoms. The first-order chi connectivity index (χ1) is 8.55. The molecule has 0 aromatic carbocycles. The van der Waals surface area contributed by atoms with Gasteiger partial charge >= 0.3 is 0 Å². The van der Waals surface area contributed by atoms with E-state index in [4.69, 9.17) is 10.5 Å². The lowest BCUT2D eigenvalue weighted by Crippen LogP contribution is -2.67. The van der Waals surface area contributed by atoms with Crippen molar-refractivity contribution in [2.24, 2.45) is 11.1 Å². The van der Waals surface area contributed by atoms with Crippen LogP contribution in [0.2, 0.25) is 0 Å². The predicted molar refractivity (Wildman–Crippen MR) is 79.1 cm³/mol. The number of nitrogens with two attached hydrogens (primary N) is 1. The van der Waals surface area contributed by atoms with E-state index in [0.29, 0.717) is 11.5 Å². The van der Waals surface area contributed by atoms with Crippen LogP contribution in [0.3, 0.4) is 0 Å². The zero-order valence-electron chi connectivity index (χ0n) is 12.1. The third-order valence-corrected chi connectivity index (χ3v) is 6.36. The van der Waals surface area contributed by atoms with Gasteiger partial charge in [-0.3, -0.25) is 4.90 Å². The van der Waals surface area contributed by atoms with E-state index in [0.717, 1.165) is 32.5 Å². The third-order valence-electron chi connectivity index (χ3n) is 5.19. The van der Waals surface area contributed by atoms with Crippen molar-refractivity contribution in [1.29, 1.82) is 0 Å². The van der Waals surface area contributed by atoms with E-state index in [1.54, 1.807) is 0 Å². The van der Waals surface area contributed by atoms with Crippen LogP contribution in [-0.4, -0.2) is 54.8 Å². The van der Waals surface area contributed by atoms with Crippen molar-refractivity contribution < 1.29 is 4.74 Å². The number of piperidine rings is 1. The number of nitrogens with zero attached hydrogens (tertiary/aromatic N) is 1. The number of rotatable bonds is 3. The minimum atomic E-state index is 0.189. The molecule has 18 heavy (non-hydrogen) atoms. The van der Waals surface area contributed by atoms with Gasteiger partial charge in [-0.1, -0.05) is 13.8 Å². The molecule has 0 bridgehead atoms. The molecule has 0 saturated carbocycles. The van der Waals surface area contributed by atoms with Gasteiger partial charge in [0.25, 0.3) is 0 Å². The number of ether oxygens (including phenoxy) is 1. The molecule has 2 rings (SSSR count). The van der Waals surface area contributed by atoms with Gasteiger partial charge in [-0.05, 0) is 30.4 Å². The van der Waals surface area contributed by atoms with Crippen LogP contribution in [0.15, 0.2) is 0 Å². The summed E-state index contributed by atoms with van der Waals surface area (Å²) in [5, 5.41) is 0. The summed E-state index contributed by atoms with van der Waals surface area (Å²) in [6.07, 6.45) is 4.03. The highest BCUT2D eigenvalue weighted by atomic mass is 32.2. The molecule has 0 radical (unpaired) electrons. The SMILES string of the molecule is COC1CCN(C2(CN)CSCCC2(C)C)CC1. The summed E-state index contributed by atoms with van der Waals surface area (Å²) in [7, 11) is 1.83. The Morgan fingerprint density at radius 2 is 2.00 bits per heavy atom. The van der Waals surface area contributed by atoms with Crippen molar-refractivity contribution >= 4 is 11.8 Å². The lowest BCUT2D eigenvalue weighted by atomic mass is 9.69. The van der Waals surface area contributed by atoms with Gasteiger partial charge in [0.05, 0.1) is 6.10 Å². The van der Waals surface area contributed by atoms with Crippen LogP contribution in [0, 0.1) is 5.41 Å². The van der Waals surface area contributed by atoms with Crippen LogP contribution in [0.1, 0.15) is 33.1 Å². The van der Waals surface area contributed by atoms with E-state index in [1.165, 1.54) is 17.9 Å². The second-order valence-electron chi connectivity index (χ2n) is 6.34. The van der Waals surface area contributed by atoms with E-state index in [2.05, 4.69) is 30.5 Å². The Labute approximate surface area is 116 Å². The standard InChI is InChI=1S/C14H28N2OS/c1-13(2)6-9-18-11-14(13,10-15)16-7-4-12(17-3)5-8-16/h12H,4-11,15H2,1-3H3. The summed E-state index contributed by atoms with van der Waals surface area (Å²) in [5.74, 6) is 2.47. The van der Waals surface area contributed by atoms with Gasteiger partial charge in [-0.2, -0.15) is 11.8 Å². The molecule has 0 amide bonds. The molecular weight excluding hydrogens is 244 g/mol. The molecule has 106 valence electrons. The maximum atomic E-state index is 6.23. The zero-order chi connectivity index (χ0) is 13.2. The Hall–Kier alpha value is 0.230. The number of methoxy groups -OCH3 is 1. The van der Waals surface area contributed by atoms with Crippen molar-refractivity contribution in [2.75, 3.05) is 38.2 Å². The zero-order valence-corrected chi connectivity index (χ0v) is 12.9. The molecule has 2 N–H and O–H groups in total. The van der Waals surface area contributed by atoms with E-state index < -0.39 is 0 Å². The monoisotopic (exact) mass is 272 g/mol. The number of thioether (sulfide) groups is 1. The highest BCUT2D eigenvalue weighted by molar-refractivity contribution is 7.99. The number of hydrogen-bond donors (Lipinski definition) is 1. The van der Waals surface area contributed by atoms with E-state index in [9.17, 15) is 0 Å². The maximum Gasteiger partial charge on any atom is 0.0595 e. The van der Waals surface area contributed by atoms with Gasteiger partial charge in [0.15, 0.2) is 0 Å². The molecule has 3 nitrogen and oxygen atoms in total. The van der Waals surface area contributed by atoms with Gasteiger partial charge in [0, 0.05) is 38.0 Å². The van der Waals surface area contributed by atoms with Gasteiger partial charge in [-0.25, -0.2) is 0 Å². The first-order valence-corrected chi connectivity index (χ1v) is 8.27. The molecule has 0 aliphatic carbocycles. The van der Waals surface area contributed by atoms with Crippen LogP contribution >= 0.6 is 11.8 Å². The largest absolute Gasteiger partial charge is 0.381 e. The topological polar surface area (TPSA) is 38.5 Å². The van der Waals surface area contributed by atoms with Crippen molar-refractivity contribution in [3.8, 4) is 0 Å². The summed E-state index contributed by atoms with van der Waals surface area (Å²) < 4.78 is 5.48. The Morgan fingerprint density at radius 3 is 2.50 bits per heavy atom. The first-order valence-electron chi connectivity index (χ1n) is 7.11. The highest BCUT2D eigenvalue weighted by Gasteiger charge is 2.50. The molecule has 2 aliphatic rings. The maximum absolute atomic E-state index is 6.23. The van der Waals surface area contributed by atoms with Gasteiger partial charge < -0.3 is 10.5 Å². The predicted octanol–water partition coefficient (Wildman–Crippen LogP) is 1.96. The van der Waals surface area contributed by atoms with Crippen molar-refractivity contribution in [2.45, 2.75) is 44.8 Å². The Bertz CT molecular complexity index is 277. The second-order valence-corrected chi connectivity index (χ2v) is 7.45. The summed E-state index contributed by atoms with van der Waals surface area (Å²) in [5.41, 5.74) is 6.74. The lowest BCUT2D eigenvalue weighted by Gasteiger charge is -2.57. The second kappa shape index (κ2) is 5.70. The van der Waals surface area contributed by atoms with Crippen molar-refractivity contribution in [1.82, 2.24) is 4.90 Å². The van der Waals surface area contributed by atoms with Crippen LogP contribution in [0.4, 0.5) is 0 Å². The quantitative estimate of drug-likeness (QED) is 0.852. The van der Waals surface area contributed by atoms with Gasteiger partial charge in [0.2, 0.25) is 0 Å². The average Bonchev–Trinajstić information content (AvgIpc) is 2.39. The molecule has 0 aromatic rings. The fraction of sp³-hybridized carbons (Fsp3) is 1.00. The number of likely N-dealkylation sites (tertiary alicyclic amines) is 1. The van der Waals surface area contributed by atoms with Gasteiger partial charge in [-0.15, -0.1) is 0 Å². The van der Waals surface area contributed by atoms with Crippen molar-refractivity contribution in [3.05, 3.63) is 0 Å². The molecule has 0 aromatic heterocycles. The van der Waals surface area contributed by atoms with E-state index in [1.807, 2.05) is 7.11 Å². The minimum Gasteiger partial charge on any atom is -0.381 e. The summed E-state index contributed by atoms with van der Waals surface area (Å²) in [6.45, 7) is 7.87. The minimum absolute atomic E-state index is 0.189. The normalized spacial score (nSPS) is 34.7. The molecule has 1 unspecified atom stereocenters. The van der Waals surface area contributed by atoms with E-state index >= 15 is 0 Å². The Balaban J connectivity index is 2.12. The Kier molecular flexibility index (Phi) is 4.63. The molecule has 1 atom stereocenters. The fourth-order valence-electron chi connectivity index (χ4n) is 3.50. The van der Waals surface area contributed by atoms with Crippen LogP contribution in [0.25, 0.3) is 0 Å². The third kappa shape index (κ3) is 2.45. The van der Waals surface area contributed by atoms with Crippen LogP contribution in [-0.2, 0) is 4.74 Å². The smallest absolute Gasteiger partial charge is 0.0595 e. The highest BCUT2D eigenvalue weighted by Crippen LogP contribution is 2.46. The number of hydrogen-bond acceptors (Lipinski definition) is 4. The Morgan fingerprint density at radius 1 is 1.33 bits per heavy atom. The van der Waals surface area contributed by atoms with Crippen LogP contribution in [0.5, 0.6) is 0 Å². The summed E-state index contributed by atoms with van der Waals surface area (Å²) in [4.78, 5) is 2.66. The summed E-state index contributed by atoms with van der Waals surface area (Å²) >= 11 is 2.08. The molecular formula is C14H28N2OS. The summed E-state index contributed by atoms with van der Waals surface area (Å²) in [6, 6.07) is 0.